The summed E-state index contributed by atoms with van der Waals surface area (Å²) in [6.45, 7) is 3.62. The van der Waals surface area contributed by atoms with Crippen molar-refractivity contribution in [2.75, 3.05) is 11.5 Å². The average molecular weight is 549 g/mol. The molecule has 9 nitrogen and oxygen atoms in total. The van der Waals surface area contributed by atoms with Crippen LogP contribution in [0.3, 0.4) is 0 Å². The van der Waals surface area contributed by atoms with E-state index in [9.17, 15) is 35.0 Å². The van der Waals surface area contributed by atoms with Gasteiger partial charge in [-0.1, -0.05) is 55.7 Å². The smallest absolute Gasteiger partial charge is 0.271 e. The Kier molecular flexibility index (Phi) is 9.17. The summed E-state index contributed by atoms with van der Waals surface area (Å²) in [6, 6.07) is 12.4. The molecule has 4 rings (SSSR count). The largest absolute Gasteiger partial charge is 0.508 e. The first kappa shape index (κ1) is 29.2. The zero-order valence-corrected chi connectivity index (χ0v) is 22.8. The maximum atomic E-state index is 13.7. The summed E-state index contributed by atoms with van der Waals surface area (Å²) in [5, 5.41) is 43.1. The highest BCUT2D eigenvalue weighted by Gasteiger charge is 2.55. The molecule has 1 saturated heterocycles. The molecule has 0 saturated carbocycles. The van der Waals surface area contributed by atoms with Gasteiger partial charge in [0.05, 0.1) is 35.2 Å². The number of nitrogens with zero attached hydrogens (tertiary/aromatic N) is 2. The summed E-state index contributed by atoms with van der Waals surface area (Å²) >= 11 is 0. The van der Waals surface area contributed by atoms with E-state index < -0.39 is 47.2 Å². The summed E-state index contributed by atoms with van der Waals surface area (Å²) in [6.07, 6.45) is 4.50. The van der Waals surface area contributed by atoms with Crippen LogP contribution in [-0.2, 0) is 9.59 Å². The Morgan fingerprint density at radius 3 is 2.55 bits per heavy atom. The summed E-state index contributed by atoms with van der Waals surface area (Å²) in [4.78, 5) is 38.9. The maximum absolute atomic E-state index is 13.7. The Bertz CT molecular complexity index is 1350. The van der Waals surface area contributed by atoms with Gasteiger partial charge in [0.25, 0.3) is 5.69 Å². The molecule has 3 N–H and O–H groups in total. The Labute approximate surface area is 233 Å². The third-order valence-corrected chi connectivity index (χ3v) is 8.02. The second kappa shape index (κ2) is 12.6. The normalized spacial score (nSPS) is 22.1. The SMILES string of the molecule is CCCC1=C([C@H](O)CC/C(=C/c2cccc(O)c2)CC)[C@H](CO)[C@@H]2C(=O)N(c3cccc([N+](=O)[O-])c3)C(=O)[C@@H]2C1. The number of nitro groups is 1. The number of fused-ring (bicyclic) bond motifs is 1. The standard InChI is InChI=1S/C31H36N2O7/c1-3-7-21-16-25-29(31(38)32(30(25)37)22-9-6-10-23(17-22)33(39)40)26(18-34)28(21)27(36)13-12-19(4-2)14-20-8-5-11-24(35)15-20/h5-6,8-11,14-15,17,25-27,29,34-36H,3-4,7,12-13,16,18H2,1-2H3/b19-14+/t25-,26+,27-,29-/m1/s1. The van der Waals surface area contributed by atoms with Crippen LogP contribution >= 0.6 is 0 Å². The average Bonchev–Trinajstić information content (AvgIpc) is 3.19. The molecule has 0 unspecified atom stereocenters. The number of aliphatic hydroxyl groups excluding tert-OH is 2. The van der Waals surface area contributed by atoms with Gasteiger partial charge in [0.15, 0.2) is 0 Å². The molecule has 0 radical (unpaired) electrons. The van der Waals surface area contributed by atoms with E-state index in [1.54, 1.807) is 18.2 Å². The first-order valence-corrected chi connectivity index (χ1v) is 13.8. The monoisotopic (exact) mass is 548 g/mol. The predicted molar refractivity (Wildman–Crippen MR) is 151 cm³/mol. The lowest BCUT2D eigenvalue weighted by atomic mass is 9.67. The Hall–Kier alpha value is -3.82. The van der Waals surface area contributed by atoms with E-state index in [1.165, 1.54) is 24.3 Å². The molecule has 2 amide bonds. The number of allylic oxidation sites excluding steroid dienone is 2. The van der Waals surface area contributed by atoms with E-state index in [0.29, 0.717) is 31.3 Å². The number of phenolic OH excluding ortho intramolecular Hbond substituents is 1. The number of rotatable bonds is 11. The quantitative estimate of drug-likeness (QED) is 0.153. The summed E-state index contributed by atoms with van der Waals surface area (Å²) in [7, 11) is 0. The Balaban J connectivity index is 1.61. The van der Waals surface area contributed by atoms with Gasteiger partial charge in [-0.05, 0) is 61.4 Å². The fourth-order valence-corrected chi connectivity index (χ4v) is 6.18. The summed E-state index contributed by atoms with van der Waals surface area (Å²) in [5.41, 5.74) is 3.40. The number of aliphatic hydroxyl groups is 2. The highest BCUT2D eigenvalue weighted by Crippen LogP contribution is 2.48. The van der Waals surface area contributed by atoms with Crippen LogP contribution in [0.1, 0.15) is 57.9 Å². The molecule has 0 bridgehead atoms. The van der Waals surface area contributed by atoms with Crippen molar-refractivity contribution in [2.45, 2.75) is 58.5 Å². The van der Waals surface area contributed by atoms with Gasteiger partial charge in [-0.25, -0.2) is 4.90 Å². The first-order chi connectivity index (χ1) is 19.2. The molecule has 212 valence electrons. The van der Waals surface area contributed by atoms with E-state index in [4.69, 9.17) is 0 Å². The number of phenols is 1. The van der Waals surface area contributed by atoms with Gasteiger partial charge in [-0.15, -0.1) is 0 Å². The molecule has 0 aromatic heterocycles. The molecule has 1 aliphatic carbocycles. The lowest BCUT2D eigenvalue weighted by Crippen LogP contribution is -2.39. The number of aromatic hydroxyl groups is 1. The van der Waals surface area contributed by atoms with E-state index in [2.05, 4.69) is 0 Å². The lowest BCUT2D eigenvalue weighted by Gasteiger charge is -2.36. The third-order valence-electron chi connectivity index (χ3n) is 8.02. The van der Waals surface area contributed by atoms with Crippen LogP contribution < -0.4 is 4.90 Å². The van der Waals surface area contributed by atoms with Crippen molar-refractivity contribution >= 4 is 29.3 Å². The van der Waals surface area contributed by atoms with Crippen molar-refractivity contribution in [1.29, 1.82) is 0 Å². The number of anilines is 1. The van der Waals surface area contributed by atoms with Crippen LogP contribution in [0.25, 0.3) is 6.08 Å². The third kappa shape index (κ3) is 5.85. The number of carbonyl (C=O) groups excluding carboxylic acids is 2. The van der Waals surface area contributed by atoms with Gasteiger partial charge in [-0.2, -0.15) is 0 Å². The molecule has 0 spiro atoms. The summed E-state index contributed by atoms with van der Waals surface area (Å²) in [5.74, 6) is -3.04. The predicted octanol–water partition coefficient (Wildman–Crippen LogP) is 5.15. The molecule has 2 aromatic carbocycles. The number of carbonyl (C=O) groups is 2. The number of nitro benzene ring substituents is 1. The van der Waals surface area contributed by atoms with Gasteiger partial charge in [0.2, 0.25) is 11.8 Å². The zero-order chi connectivity index (χ0) is 29.0. The lowest BCUT2D eigenvalue weighted by molar-refractivity contribution is -0.384. The topological polar surface area (TPSA) is 141 Å². The van der Waals surface area contributed by atoms with E-state index in [-0.39, 0.29) is 17.1 Å². The van der Waals surface area contributed by atoms with Crippen LogP contribution in [0.2, 0.25) is 0 Å². The minimum absolute atomic E-state index is 0.138. The number of hydrogen-bond donors (Lipinski definition) is 3. The minimum atomic E-state index is -0.909. The van der Waals surface area contributed by atoms with Crippen LogP contribution in [-0.4, -0.2) is 44.8 Å². The molecule has 1 heterocycles. The second-order valence-electron chi connectivity index (χ2n) is 10.5. The molecule has 40 heavy (non-hydrogen) atoms. The summed E-state index contributed by atoms with van der Waals surface area (Å²) < 4.78 is 0. The molecule has 4 atom stereocenters. The highest BCUT2D eigenvalue weighted by atomic mass is 16.6. The van der Waals surface area contributed by atoms with Crippen molar-refractivity contribution in [3.05, 3.63) is 80.9 Å². The van der Waals surface area contributed by atoms with Crippen molar-refractivity contribution < 1.29 is 29.8 Å². The number of hydrogen-bond acceptors (Lipinski definition) is 7. The van der Waals surface area contributed by atoms with Crippen LogP contribution in [0.5, 0.6) is 5.75 Å². The molecule has 1 aliphatic heterocycles. The van der Waals surface area contributed by atoms with Gasteiger partial charge < -0.3 is 15.3 Å². The van der Waals surface area contributed by atoms with E-state index >= 15 is 0 Å². The zero-order valence-electron chi connectivity index (χ0n) is 22.8. The van der Waals surface area contributed by atoms with Gasteiger partial charge in [0.1, 0.15) is 5.75 Å². The first-order valence-electron chi connectivity index (χ1n) is 13.8. The van der Waals surface area contributed by atoms with Crippen LogP contribution in [0.15, 0.2) is 65.3 Å². The Morgan fingerprint density at radius 1 is 1.15 bits per heavy atom. The molecule has 1 fully saturated rings. The van der Waals surface area contributed by atoms with Crippen LogP contribution in [0.4, 0.5) is 11.4 Å². The second-order valence-corrected chi connectivity index (χ2v) is 10.5. The molecule has 2 aromatic rings. The van der Waals surface area contributed by atoms with Crippen LogP contribution in [0, 0.1) is 27.9 Å². The van der Waals surface area contributed by atoms with Crippen molar-refractivity contribution in [1.82, 2.24) is 0 Å². The van der Waals surface area contributed by atoms with E-state index in [1.807, 2.05) is 26.0 Å². The number of benzene rings is 2. The highest BCUT2D eigenvalue weighted by molar-refractivity contribution is 6.22. The molecule has 9 heteroatoms. The number of non-ortho nitro benzene ring substituents is 1. The van der Waals surface area contributed by atoms with Crippen molar-refractivity contribution in [3.8, 4) is 5.75 Å². The maximum Gasteiger partial charge on any atom is 0.271 e. The van der Waals surface area contributed by atoms with Crippen molar-refractivity contribution in [2.24, 2.45) is 17.8 Å². The van der Waals surface area contributed by atoms with Gasteiger partial charge >= 0.3 is 0 Å². The number of imide groups is 1. The van der Waals surface area contributed by atoms with Gasteiger partial charge in [0, 0.05) is 18.1 Å². The molecular formula is C31H36N2O7. The molecular weight excluding hydrogens is 512 g/mol. The fraction of sp³-hybridized carbons (Fsp3) is 0.419. The van der Waals surface area contributed by atoms with E-state index in [0.717, 1.165) is 34.5 Å². The van der Waals surface area contributed by atoms with Gasteiger partial charge in [-0.3, -0.25) is 19.7 Å². The minimum Gasteiger partial charge on any atom is -0.508 e. The molecule has 2 aliphatic rings. The fourth-order valence-electron chi connectivity index (χ4n) is 6.18. The Morgan fingerprint density at radius 2 is 1.90 bits per heavy atom. The van der Waals surface area contributed by atoms with Crippen molar-refractivity contribution in [3.63, 3.8) is 0 Å². The number of amides is 2.